The van der Waals surface area contributed by atoms with Crippen molar-refractivity contribution in [1.82, 2.24) is 14.8 Å². The quantitative estimate of drug-likeness (QED) is 0.658. The van der Waals surface area contributed by atoms with Crippen molar-refractivity contribution in [3.8, 4) is 0 Å². The van der Waals surface area contributed by atoms with E-state index in [0.29, 0.717) is 27.9 Å². The number of rotatable bonds is 4. The van der Waals surface area contributed by atoms with Gasteiger partial charge >= 0.3 is 0 Å². The molecule has 0 bridgehead atoms. The number of amidine groups is 3. The average Bonchev–Trinajstić information content (AvgIpc) is 3.06. The third-order valence-corrected chi connectivity index (χ3v) is 4.43. The predicted octanol–water partition coefficient (Wildman–Crippen LogP) is 2.21. The van der Waals surface area contributed by atoms with Crippen molar-refractivity contribution in [3.63, 3.8) is 0 Å². The first-order valence-corrected chi connectivity index (χ1v) is 9.04. The molecule has 1 aliphatic heterocycles. The van der Waals surface area contributed by atoms with Crippen LogP contribution in [0.5, 0.6) is 0 Å². The molecule has 0 amide bonds. The van der Waals surface area contributed by atoms with Crippen molar-refractivity contribution in [2.75, 3.05) is 0 Å². The van der Waals surface area contributed by atoms with Gasteiger partial charge in [0.2, 0.25) is 0 Å². The Morgan fingerprint density at radius 3 is 2.79 bits per heavy atom. The van der Waals surface area contributed by atoms with E-state index in [1.54, 1.807) is 35.1 Å². The number of hydrogen-bond donors (Lipinski definition) is 2. The Kier molecular flexibility index (Phi) is 4.72. The van der Waals surface area contributed by atoms with Gasteiger partial charge in [0.05, 0.1) is 29.6 Å². The molecule has 0 unspecified atom stereocenters. The molecule has 3 aromatic rings. The third-order valence-electron chi connectivity index (χ3n) is 4.15. The summed E-state index contributed by atoms with van der Waals surface area (Å²) in [6.07, 6.45) is 1.64. The van der Waals surface area contributed by atoms with E-state index in [-0.39, 0.29) is 29.9 Å². The third kappa shape index (κ3) is 3.19. The zero-order valence-electron chi connectivity index (χ0n) is 14.6. The van der Waals surface area contributed by atoms with Crippen LogP contribution >= 0.6 is 12.1 Å². The summed E-state index contributed by atoms with van der Waals surface area (Å²) in [7, 11) is 0. The van der Waals surface area contributed by atoms with Crippen LogP contribution < -0.4 is 10.9 Å². The van der Waals surface area contributed by atoms with Crippen LogP contribution in [0.3, 0.4) is 0 Å². The van der Waals surface area contributed by atoms with Gasteiger partial charge in [0.15, 0.2) is 17.3 Å². The molecule has 0 atom stereocenters. The van der Waals surface area contributed by atoms with Crippen LogP contribution in [-0.4, -0.2) is 32.3 Å². The monoisotopic (exact) mass is 394 g/mol. The van der Waals surface area contributed by atoms with Crippen molar-refractivity contribution in [3.05, 3.63) is 71.8 Å². The lowest BCUT2D eigenvalue weighted by molar-refractivity contribution is 0.589. The number of pyridine rings is 1. The summed E-state index contributed by atoms with van der Waals surface area (Å²) in [4.78, 5) is 13.1. The number of nitrogens with zero attached hydrogens (tertiary/aromatic N) is 6. The first-order chi connectivity index (χ1) is 13.6. The molecule has 140 valence electrons. The summed E-state index contributed by atoms with van der Waals surface area (Å²) in [5, 5.41) is 10.7. The van der Waals surface area contributed by atoms with Gasteiger partial charge in [-0.25, -0.2) is 24.0 Å². The van der Waals surface area contributed by atoms with E-state index >= 15 is 0 Å². The molecule has 0 spiro atoms. The molecular formula is C18H15FN8S. The maximum atomic E-state index is 14.1. The number of aromatic nitrogens is 3. The van der Waals surface area contributed by atoms with Gasteiger partial charge in [-0.3, -0.25) is 5.14 Å². The largest absolute Gasteiger partial charge is 0.383 e. The first-order valence-electron chi connectivity index (χ1n) is 8.20. The Labute approximate surface area is 163 Å². The lowest BCUT2D eigenvalue weighted by Crippen LogP contribution is -2.26. The number of halogens is 1. The molecule has 1 aliphatic rings. The Bertz CT molecular complexity index is 1180. The summed E-state index contributed by atoms with van der Waals surface area (Å²) < 4.78 is 19.7. The highest BCUT2D eigenvalue weighted by molar-refractivity contribution is 7.95. The molecule has 2 aromatic heterocycles. The Hall–Kier alpha value is -3.37. The fraction of sp³-hybridized carbons (Fsp3) is 0.0556. The highest BCUT2D eigenvalue weighted by atomic mass is 32.2. The lowest BCUT2D eigenvalue weighted by atomic mass is 10.2. The Morgan fingerprint density at radius 1 is 1.18 bits per heavy atom. The van der Waals surface area contributed by atoms with Crippen LogP contribution in [-0.2, 0) is 6.54 Å². The predicted molar refractivity (Wildman–Crippen MR) is 110 cm³/mol. The maximum Gasteiger partial charge on any atom is 0.184 e. The first kappa shape index (κ1) is 18.0. The topological polar surface area (TPSA) is 120 Å². The van der Waals surface area contributed by atoms with Crippen molar-refractivity contribution < 1.29 is 4.39 Å². The van der Waals surface area contributed by atoms with Crippen LogP contribution in [0.1, 0.15) is 11.3 Å². The number of nitrogens with two attached hydrogens (primary N) is 2. The standard InChI is InChI=1S/C18H15FN8S/c1-10-15(20)23-17(24-16(10)26-28-21)14-12-6-4-8-22-18(12)27(25-14)9-11-5-2-3-7-13(11)19/h2-8H,1,9,21H2,(H2,20,23,24,26). The van der Waals surface area contributed by atoms with Gasteiger partial charge in [-0.2, -0.15) is 9.50 Å². The molecule has 10 heteroatoms. The normalized spacial score (nSPS) is 15.8. The Morgan fingerprint density at radius 2 is 2.00 bits per heavy atom. The van der Waals surface area contributed by atoms with E-state index in [0.717, 1.165) is 12.1 Å². The van der Waals surface area contributed by atoms with Crippen LogP contribution in [0.4, 0.5) is 4.39 Å². The van der Waals surface area contributed by atoms with Gasteiger partial charge in [-0.1, -0.05) is 24.8 Å². The van der Waals surface area contributed by atoms with Crippen molar-refractivity contribution in [1.29, 1.82) is 0 Å². The smallest absolute Gasteiger partial charge is 0.184 e. The average molecular weight is 394 g/mol. The molecule has 0 saturated carbocycles. The van der Waals surface area contributed by atoms with Crippen LogP contribution in [0, 0.1) is 5.82 Å². The highest BCUT2D eigenvalue weighted by Gasteiger charge is 2.23. The van der Waals surface area contributed by atoms with E-state index < -0.39 is 0 Å². The van der Waals surface area contributed by atoms with Crippen molar-refractivity contribution in [2.45, 2.75) is 6.54 Å². The minimum absolute atomic E-state index is 0.179. The molecule has 0 saturated heterocycles. The van der Waals surface area contributed by atoms with Gasteiger partial charge in [0.25, 0.3) is 0 Å². The summed E-state index contributed by atoms with van der Waals surface area (Å²) in [5.74, 6) is 0.406. The zero-order valence-corrected chi connectivity index (χ0v) is 15.4. The van der Waals surface area contributed by atoms with Gasteiger partial charge < -0.3 is 5.73 Å². The second kappa shape index (κ2) is 7.33. The molecular weight excluding hydrogens is 379 g/mol. The summed E-state index contributed by atoms with van der Waals surface area (Å²) in [5.41, 5.74) is 7.88. The van der Waals surface area contributed by atoms with E-state index in [4.69, 9.17) is 10.9 Å². The van der Waals surface area contributed by atoms with E-state index in [2.05, 4.69) is 31.0 Å². The van der Waals surface area contributed by atoms with Gasteiger partial charge in [-0.15, -0.1) is 0 Å². The lowest BCUT2D eigenvalue weighted by Gasteiger charge is -2.11. The van der Waals surface area contributed by atoms with Gasteiger partial charge in [0.1, 0.15) is 17.3 Å². The second-order valence-corrected chi connectivity index (χ2v) is 6.30. The van der Waals surface area contributed by atoms with Crippen LogP contribution in [0.15, 0.2) is 69.1 Å². The summed E-state index contributed by atoms with van der Waals surface area (Å²) >= 11 is 0.753. The highest BCUT2D eigenvalue weighted by Crippen LogP contribution is 2.22. The number of aliphatic imine (C=N–C) groups is 2. The molecule has 0 fully saturated rings. The molecule has 4 rings (SSSR count). The second-order valence-electron chi connectivity index (χ2n) is 5.90. The van der Waals surface area contributed by atoms with E-state index in [1.165, 1.54) is 6.07 Å². The maximum absolute atomic E-state index is 14.1. The number of benzene rings is 1. The van der Waals surface area contributed by atoms with Gasteiger partial charge in [0, 0.05) is 11.8 Å². The molecule has 0 radical (unpaired) electrons. The molecule has 0 aliphatic carbocycles. The molecule has 8 nitrogen and oxygen atoms in total. The molecule has 28 heavy (non-hydrogen) atoms. The summed E-state index contributed by atoms with van der Waals surface area (Å²) in [6.45, 7) is 4.02. The molecule has 4 N–H and O–H groups in total. The Balaban J connectivity index is 1.85. The zero-order chi connectivity index (χ0) is 19.7. The molecule has 3 heterocycles. The van der Waals surface area contributed by atoms with Crippen molar-refractivity contribution in [2.24, 2.45) is 25.3 Å². The molecule has 1 aromatic carbocycles. The minimum atomic E-state index is -0.313. The van der Waals surface area contributed by atoms with Crippen LogP contribution in [0.2, 0.25) is 0 Å². The SMILES string of the molecule is C=C1C(N)=NC(c2nn(Cc3ccccc3F)c3ncccc23)=N/C1=N/SN. The number of fused-ring (bicyclic) bond motifs is 1. The fourth-order valence-electron chi connectivity index (χ4n) is 2.79. The van der Waals surface area contributed by atoms with E-state index in [1.807, 2.05) is 6.07 Å². The minimum Gasteiger partial charge on any atom is -0.383 e. The number of hydrogen-bond acceptors (Lipinski definition) is 7. The summed E-state index contributed by atoms with van der Waals surface area (Å²) in [6, 6.07) is 10.1. The van der Waals surface area contributed by atoms with Crippen LogP contribution in [0.25, 0.3) is 11.0 Å². The van der Waals surface area contributed by atoms with E-state index in [9.17, 15) is 4.39 Å². The fourth-order valence-corrected chi connectivity index (χ4v) is 3.04. The van der Waals surface area contributed by atoms with Gasteiger partial charge in [-0.05, 0) is 18.2 Å². The van der Waals surface area contributed by atoms with Crippen molar-refractivity contribution >= 4 is 40.7 Å².